The van der Waals surface area contributed by atoms with Crippen molar-refractivity contribution in [1.29, 1.82) is 0 Å². The minimum absolute atomic E-state index is 0.354. The fourth-order valence-corrected chi connectivity index (χ4v) is 3.77. The zero-order chi connectivity index (χ0) is 14.1. The lowest BCUT2D eigenvalue weighted by molar-refractivity contribution is 0.581. The average molecular weight is 285 g/mol. The van der Waals surface area contributed by atoms with Crippen LogP contribution in [0.25, 0.3) is 10.1 Å². The van der Waals surface area contributed by atoms with Crippen molar-refractivity contribution in [1.82, 2.24) is 15.1 Å². The average Bonchev–Trinajstić information content (AvgIpc) is 3.01. The Hall–Kier alpha value is -1.65. The van der Waals surface area contributed by atoms with E-state index in [0.717, 1.165) is 6.54 Å². The first-order valence-corrected chi connectivity index (χ1v) is 7.65. The fourth-order valence-electron chi connectivity index (χ4n) is 2.53. The van der Waals surface area contributed by atoms with Crippen molar-refractivity contribution in [3.63, 3.8) is 0 Å². The number of aryl methyl sites for hydroxylation is 2. The van der Waals surface area contributed by atoms with Crippen LogP contribution >= 0.6 is 11.3 Å². The summed E-state index contributed by atoms with van der Waals surface area (Å²) < 4.78 is 3.21. The van der Waals surface area contributed by atoms with Gasteiger partial charge in [-0.25, -0.2) is 0 Å². The Bertz CT molecular complexity index is 726. The van der Waals surface area contributed by atoms with Gasteiger partial charge < -0.3 is 5.32 Å². The SMILES string of the molecule is Cc1c(C(C)NCc2cnn(C)c2)sc2ccccc12. The molecule has 0 radical (unpaired) electrons. The van der Waals surface area contributed by atoms with Crippen LogP contribution in [0.2, 0.25) is 0 Å². The Morgan fingerprint density at radius 1 is 1.35 bits per heavy atom. The molecule has 104 valence electrons. The maximum Gasteiger partial charge on any atom is 0.0534 e. The highest BCUT2D eigenvalue weighted by Gasteiger charge is 2.14. The van der Waals surface area contributed by atoms with Crippen molar-refractivity contribution in [2.45, 2.75) is 26.4 Å². The van der Waals surface area contributed by atoms with Crippen LogP contribution in [0.3, 0.4) is 0 Å². The van der Waals surface area contributed by atoms with Crippen molar-refractivity contribution in [3.05, 3.63) is 52.7 Å². The van der Waals surface area contributed by atoms with Gasteiger partial charge in [0, 0.05) is 41.0 Å². The van der Waals surface area contributed by atoms with E-state index in [9.17, 15) is 0 Å². The van der Waals surface area contributed by atoms with E-state index in [1.807, 2.05) is 29.3 Å². The third-order valence-electron chi connectivity index (χ3n) is 3.64. The van der Waals surface area contributed by atoms with Crippen molar-refractivity contribution < 1.29 is 0 Å². The molecular weight excluding hydrogens is 266 g/mol. The van der Waals surface area contributed by atoms with Gasteiger partial charge in [0.2, 0.25) is 0 Å². The minimum Gasteiger partial charge on any atom is -0.305 e. The number of rotatable bonds is 4. The summed E-state index contributed by atoms with van der Waals surface area (Å²) in [6.45, 7) is 5.30. The van der Waals surface area contributed by atoms with E-state index in [4.69, 9.17) is 0 Å². The van der Waals surface area contributed by atoms with Gasteiger partial charge in [-0.05, 0) is 30.9 Å². The molecule has 0 aliphatic rings. The molecule has 3 nitrogen and oxygen atoms in total. The summed E-state index contributed by atoms with van der Waals surface area (Å²) in [5.74, 6) is 0. The number of nitrogens with one attached hydrogen (secondary N) is 1. The largest absolute Gasteiger partial charge is 0.305 e. The maximum absolute atomic E-state index is 4.20. The second kappa shape index (κ2) is 5.38. The molecular formula is C16H19N3S. The second-order valence-electron chi connectivity index (χ2n) is 5.21. The molecule has 1 unspecified atom stereocenters. The van der Waals surface area contributed by atoms with E-state index in [1.165, 1.54) is 26.1 Å². The Morgan fingerprint density at radius 3 is 2.85 bits per heavy atom. The maximum atomic E-state index is 4.20. The number of benzene rings is 1. The van der Waals surface area contributed by atoms with E-state index < -0.39 is 0 Å². The third kappa shape index (κ3) is 2.49. The van der Waals surface area contributed by atoms with Crippen molar-refractivity contribution >= 4 is 21.4 Å². The van der Waals surface area contributed by atoms with Gasteiger partial charge in [-0.2, -0.15) is 5.10 Å². The number of hydrogen-bond donors (Lipinski definition) is 1. The van der Waals surface area contributed by atoms with Crippen LogP contribution in [0.15, 0.2) is 36.7 Å². The molecule has 0 aliphatic carbocycles. The second-order valence-corrected chi connectivity index (χ2v) is 6.30. The highest BCUT2D eigenvalue weighted by atomic mass is 32.1. The standard InChI is InChI=1S/C16H19N3S/c1-11-14-6-4-5-7-15(14)20-16(11)12(2)17-8-13-9-18-19(3)10-13/h4-7,9-10,12,17H,8H2,1-3H3. The normalized spacial score (nSPS) is 12.9. The summed E-state index contributed by atoms with van der Waals surface area (Å²) in [5, 5.41) is 9.16. The molecule has 0 fully saturated rings. The minimum atomic E-state index is 0.354. The summed E-state index contributed by atoms with van der Waals surface area (Å²) in [6.07, 6.45) is 3.97. The molecule has 0 spiro atoms. The Balaban J connectivity index is 1.78. The van der Waals surface area contributed by atoms with Gasteiger partial charge in [-0.1, -0.05) is 18.2 Å². The first-order chi connectivity index (χ1) is 9.65. The van der Waals surface area contributed by atoms with Crippen LogP contribution in [-0.4, -0.2) is 9.78 Å². The Morgan fingerprint density at radius 2 is 2.15 bits per heavy atom. The summed E-state index contributed by atoms with van der Waals surface area (Å²) in [5.41, 5.74) is 2.62. The van der Waals surface area contributed by atoms with Crippen LogP contribution in [0, 0.1) is 6.92 Å². The Labute approximate surface area is 123 Å². The van der Waals surface area contributed by atoms with Crippen LogP contribution in [0.4, 0.5) is 0 Å². The summed E-state index contributed by atoms with van der Waals surface area (Å²) in [4.78, 5) is 1.43. The number of nitrogens with zero attached hydrogens (tertiary/aromatic N) is 2. The molecule has 0 bridgehead atoms. The molecule has 3 aromatic rings. The lowest BCUT2D eigenvalue weighted by Crippen LogP contribution is -2.17. The third-order valence-corrected chi connectivity index (χ3v) is 5.10. The number of fused-ring (bicyclic) bond motifs is 1. The van der Waals surface area contributed by atoms with Gasteiger partial charge in [0.25, 0.3) is 0 Å². The smallest absolute Gasteiger partial charge is 0.0534 e. The molecule has 1 aromatic carbocycles. The van der Waals surface area contributed by atoms with Crippen molar-refractivity contribution in [2.75, 3.05) is 0 Å². The Kier molecular flexibility index (Phi) is 3.59. The molecule has 0 amide bonds. The van der Waals surface area contributed by atoms with Gasteiger partial charge in [0.1, 0.15) is 0 Å². The molecule has 0 aliphatic heterocycles. The van der Waals surface area contributed by atoms with Gasteiger partial charge >= 0.3 is 0 Å². The lowest BCUT2D eigenvalue weighted by Gasteiger charge is -2.12. The molecule has 1 N–H and O–H groups in total. The number of thiophene rings is 1. The number of hydrogen-bond acceptors (Lipinski definition) is 3. The highest BCUT2D eigenvalue weighted by Crippen LogP contribution is 2.34. The van der Waals surface area contributed by atoms with Crippen molar-refractivity contribution in [3.8, 4) is 0 Å². The molecule has 1 atom stereocenters. The molecule has 2 aromatic heterocycles. The van der Waals surface area contributed by atoms with E-state index in [-0.39, 0.29) is 0 Å². The molecule has 20 heavy (non-hydrogen) atoms. The zero-order valence-corrected chi connectivity index (χ0v) is 12.9. The van der Waals surface area contributed by atoms with Crippen LogP contribution in [0.5, 0.6) is 0 Å². The molecule has 0 saturated carbocycles. The molecule has 3 rings (SSSR count). The molecule has 0 saturated heterocycles. The van der Waals surface area contributed by atoms with E-state index in [2.05, 4.69) is 54.7 Å². The summed E-state index contributed by atoms with van der Waals surface area (Å²) in [6, 6.07) is 8.98. The summed E-state index contributed by atoms with van der Waals surface area (Å²) in [7, 11) is 1.95. The van der Waals surface area contributed by atoms with Gasteiger partial charge in [-0.15, -0.1) is 11.3 Å². The monoisotopic (exact) mass is 285 g/mol. The predicted octanol–water partition coefficient (Wildman–Crippen LogP) is 3.79. The number of aromatic nitrogens is 2. The molecule has 4 heteroatoms. The molecule has 2 heterocycles. The van der Waals surface area contributed by atoms with Crippen LogP contribution < -0.4 is 5.32 Å². The topological polar surface area (TPSA) is 29.9 Å². The van der Waals surface area contributed by atoms with Gasteiger partial charge in [0.05, 0.1) is 6.20 Å². The first-order valence-electron chi connectivity index (χ1n) is 6.84. The first kappa shape index (κ1) is 13.3. The van der Waals surface area contributed by atoms with Crippen LogP contribution in [-0.2, 0) is 13.6 Å². The van der Waals surface area contributed by atoms with Gasteiger partial charge in [0.15, 0.2) is 0 Å². The van der Waals surface area contributed by atoms with Crippen LogP contribution in [0.1, 0.15) is 29.0 Å². The van der Waals surface area contributed by atoms with E-state index in [0.29, 0.717) is 6.04 Å². The van der Waals surface area contributed by atoms with E-state index in [1.54, 1.807) is 0 Å². The lowest BCUT2D eigenvalue weighted by atomic mass is 10.1. The van der Waals surface area contributed by atoms with Gasteiger partial charge in [-0.3, -0.25) is 4.68 Å². The summed E-state index contributed by atoms with van der Waals surface area (Å²) >= 11 is 1.89. The predicted molar refractivity (Wildman–Crippen MR) is 85.0 cm³/mol. The van der Waals surface area contributed by atoms with E-state index >= 15 is 0 Å². The van der Waals surface area contributed by atoms with Crippen molar-refractivity contribution in [2.24, 2.45) is 7.05 Å². The zero-order valence-electron chi connectivity index (χ0n) is 12.1. The quantitative estimate of drug-likeness (QED) is 0.790. The fraction of sp³-hybridized carbons (Fsp3) is 0.312. The highest BCUT2D eigenvalue weighted by molar-refractivity contribution is 7.19.